The number of halogens is 4. The summed E-state index contributed by atoms with van der Waals surface area (Å²) in [6.07, 6.45) is 1.47. The van der Waals surface area contributed by atoms with E-state index in [0.29, 0.717) is 24.7 Å². The summed E-state index contributed by atoms with van der Waals surface area (Å²) in [5.74, 6) is 1.43. The van der Waals surface area contributed by atoms with Crippen LogP contribution >= 0.6 is 63.7 Å². The van der Waals surface area contributed by atoms with Gasteiger partial charge in [0.05, 0.1) is 31.1 Å². The molecule has 0 aromatic heterocycles. The second-order valence-electron chi connectivity index (χ2n) is 8.40. The van der Waals surface area contributed by atoms with Gasteiger partial charge in [-0.3, -0.25) is 0 Å². The SMILES string of the molecule is C=C(C)COC(CC)Oc1c(Br)cc(Cc2cc(Br)c(OC(CC)OCC(=C)C)c(Br)c2)cc1Br. The van der Waals surface area contributed by atoms with Crippen molar-refractivity contribution < 1.29 is 18.9 Å². The first-order chi connectivity index (χ1) is 16.5. The van der Waals surface area contributed by atoms with Crippen LogP contribution in [0.25, 0.3) is 0 Å². The van der Waals surface area contributed by atoms with Gasteiger partial charge in [-0.05, 0) is 119 Å². The summed E-state index contributed by atoms with van der Waals surface area (Å²) in [6.45, 7) is 16.6. The highest BCUT2D eigenvalue weighted by Gasteiger charge is 2.18. The Morgan fingerprint density at radius 1 is 0.686 bits per heavy atom. The van der Waals surface area contributed by atoms with Gasteiger partial charge in [0, 0.05) is 12.8 Å². The van der Waals surface area contributed by atoms with Crippen molar-refractivity contribution in [3.63, 3.8) is 0 Å². The quantitative estimate of drug-likeness (QED) is 0.143. The van der Waals surface area contributed by atoms with Crippen molar-refractivity contribution >= 4 is 63.7 Å². The zero-order valence-corrected chi connectivity index (χ0v) is 26.9. The Hall–Kier alpha value is -0.640. The van der Waals surface area contributed by atoms with Crippen molar-refractivity contribution in [3.05, 3.63) is 77.6 Å². The Morgan fingerprint density at radius 2 is 1.00 bits per heavy atom. The van der Waals surface area contributed by atoms with Crippen LogP contribution in [0.15, 0.2) is 66.5 Å². The molecule has 0 bridgehead atoms. The third-order valence-corrected chi connectivity index (χ3v) is 7.08. The molecule has 2 aromatic carbocycles. The summed E-state index contributed by atoms with van der Waals surface area (Å²) in [4.78, 5) is 0. The molecule has 2 aromatic rings. The topological polar surface area (TPSA) is 36.9 Å². The lowest BCUT2D eigenvalue weighted by Crippen LogP contribution is -2.21. The van der Waals surface area contributed by atoms with E-state index in [1.807, 2.05) is 27.7 Å². The van der Waals surface area contributed by atoms with Crippen LogP contribution in [-0.4, -0.2) is 25.8 Å². The van der Waals surface area contributed by atoms with Crippen molar-refractivity contribution in [2.75, 3.05) is 13.2 Å². The summed E-state index contributed by atoms with van der Waals surface area (Å²) in [7, 11) is 0. The van der Waals surface area contributed by atoms with Crippen molar-refractivity contribution in [2.45, 2.75) is 59.5 Å². The smallest absolute Gasteiger partial charge is 0.200 e. The van der Waals surface area contributed by atoms with Crippen LogP contribution in [0.1, 0.15) is 51.7 Å². The zero-order valence-electron chi connectivity index (χ0n) is 20.6. The molecule has 0 amide bonds. The van der Waals surface area contributed by atoms with E-state index >= 15 is 0 Å². The predicted molar refractivity (Wildman–Crippen MR) is 157 cm³/mol. The van der Waals surface area contributed by atoms with Crippen LogP contribution in [0, 0.1) is 0 Å². The van der Waals surface area contributed by atoms with Crippen molar-refractivity contribution in [1.82, 2.24) is 0 Å². The van der Waals surface area contributed by atoms with E-state index in [1.54, 1.807) is 0 Å². The molecule has 192 valence electrons. The van der Waals surface area contributed by atoms with Crippen LogP contribution in [0.3, 0.4) is 0 Å². The maximum absolute atomic E-state index is 6.11. The highest BCUT2D eigenvalue weighted by molar-refractivity contribution is 9.11. The summed E-state index contributed by atoms with van der Waals surface area (Å²) in [6, 6.07) is 8.26. The Bertz CT molecular complexity index is 910. The van der Waals surface area contributed by atoms with E-state index in [2.05, 4.69) is 101 Å². The van der Waals surface area contributed by atoms with Gasteiger partial charge < -0.3 is 18.9 Å². The van der Waals surface area contributed by atoms with Crippen molar-refractivity contribution in [1.29, 1.82) is 0 Å². The molecular weight excluding hydrogens is 708 g/mol. The third kappa shape index (κ3) is 9.97. The summed E-state index contributed by atoms with van der Waals surface area (Å²) in [5.41, 5.74) is 4.16. The maximum atomic E-state index is 6.11. The molecule has 0 fully saturated rings. The second-order valence-corrected chi connectivity index (χ2v) is 11.8. The molecule has 35 heavy (non-hydrogen) atoms. The molecule has 0 saturated carbocycles. The Kier molecular flexibility index (Phi) is 13.1. The van der Waals surface area contributed by atoms with Gasteiger partial charge in [0.25, 0.3) is 0 Å². The van der Waals surface area contributed by atoms with Crippen molar-refractivity contribution in [3.8, 4) is 11.5 Å². The average Bonchev–Trinajstić information content (AvgIpc) is 2.77. The van der Waals surface area contributed by atoms with Crippen LogP contribution in [0.5, 0.6) is 11.5 Å². The van der Waals surface area contributed by atoms with Gasteiger partial charge in [-0.2, -0.15) is 0 Å². The fourth-order valence-electron chi connectivity index (χ4n) is 3.09. The van der Waals surface area contributed by atoms with Gasteiger partial charge >= 0.3 is 0 Å². The van der Waals surface area contributed by atoms with Gasteiger partial charge in [0.15, 0.2) is 24.1 Å². The van der Waals surface area contributed by atoms with E-state index in [4.69, 9.17) is 18.9 Å². The number of benzene rings is 2. The largest absolute Gasteiger partial charge is 0.463 e. The molecule has 0 saturated heterocycles. The van der Waals surface area contributed by atoms with Crippen molar-refractivity contribution in [2.24, 2.45) is 0 Å². The standard InChI is InChI=1S/C27H32Br4O4/c1-7-24(32-14-16(3)4)34-26-20(28)10-18(11-21(26)29)9-19-12-22(30)27(23(31)13-19)35-25(8-2)33-15-17(5)6/h10-13,24-25H,3,5,7-9,14-15H2,1-2,4,6H3. The lowest BCUT2D eigenvalue weighted by atomic mass is 10.0. The predicted octanol–water partition coefficient (Wildman–Crippen LogP) is 9.74. The van der Waals surface area contributed by atoms with E-state index in [0.717, 1.165) is 59.4 Å². The van der Waals surface area contributed by atoms with Crippen LogP contribution in [0.2, 0.25) is 0 Å². The van der Waals surface area contributed by atoms with E-state index in [-0.39, 0.29) is 12.6 Å². The Balaban J connectivity index is 2.16. The number of ether oxygens (including phenoxy) is 4. The first-order valence-electron chi connectivity index (χ1n) is 11.3. The molecule has 0 aliphatic carbocycles. The molecule has 0 radical (unpaired) electrons. The first kappa shape index (κ1) is 30.6. The van der Waals surface area contributed by atoms with Crippen LogP contribution in [-0.2, 0) is 15.9 Å². The summed E-state index contributed by atoms with van der Waals surface area (Å²) < 4.78 is 27.2. The minimum atomic E-state index is -0.351. The molecule has 2 atom stereocenters. The Morgan fingerprint density at radius 3 is 1.26 bits per heavy atom. The molecule has 0 aliphatic heterocycles. The van der Waals surface area contributed by atoms with Gasteiger partial charge in [-0.15, -0.1) is 0 Å². The molecular formula is C27H32Br4O4. The molecule has 4 nitrogen and oxygen atoms in total. The third-order valence-electron chi connectivity index (χ3n) is 4.72. The highest BCUT2D eigenvalue weighted by Crippen LogP contribution is 2.39. The fourth-order valence-corrected chi connectivity index (χ4v) is 6.03. The second kappa shape index (κ2) is 14.9. The van der Waals surface area contributed by atoms with Gasteiger partial charge in [-0.1, -0.05) is 38.2 Å². The molecule has 2 unspecified atom stereocenters. The minimum absolute atomic E-state index is 0.351. The highest BCUT2D eigenvalue weighted by atomic mass is 79.9. The molecule has 0 spiro atoms. The van der Waals surface area contributed by atoms with E-state index in [9.17, 15) is 0 Å². The molecule has 0 heterocycles. The number of hydrogen-bond donors (Lipinski definition) is 0. The Labute approximate surface area is 243 Å². The zero-order chi connectivity index (χ0) is 26.1. The summed E-state index contributed by atoms with van der Waals surface area (Å²) >= 11 is 14.7. The van der Waals surface area contributed by atoms with Crippen LogP contribution < -0.4 is 9.47 Å². The lowest BCUT2D eigenvalue weighted by molar-refractivity contribution is -0.0737. The van der Waals surface area contributed by atoms with Gasteiger partial charge in [-0.25, -0.2) is 0 Å². The van der Waals surface area contributed by atoms with Gasteiger partial charge in [0.1, 0.15) is 0 Å². The normalized spacial score (nSPS) is 12.8. The minimum Gasteiger partial charge on any atom is -0.463 e. The van der Waals surface area contributed by atoms with E-state index < -0.39 is 0 Å². The lowest BCUT2D eigenvalue weighted by Gasteiger charge is -2.21. The average molecular weight is 740 g/mol. The summed E-state index contributed by atoms with van der Waals surface area (Å²) in [5, 5.41) is 0. The van der Waals surface area contributed by atoms with Crippen LogP contribution in [0.4, 0.5) is 0 Å². The monoisotopic (exact) mass is 736 g/mol. The maximum Gasteiger partial charge on any atom is 0.200 e. The molecule has 0 aliphatic rings. The first-order valence-corrected chi connectivity index (χ1v) is 14.5. The van der Waals surface area contributed by atoms with Gasteiger partial charge in [0.2, 0.25) is 0 Å². The fraction of sp³-hybridized carbons (Fsp3) is 0.407. The van der Waals surface area contributed by atoms with E-state index in [1.165, 1.54) is 0 Å². The molecule has 2 rings (SSSR count). The number of rotatable bonds is 14. The molecule has 0 N–H and O–H groups in total. The number of hydrogen-bond acceptors (Lipinski definition) is 4. The molecule has 8 heteroatoms.